The molecule has 0 spiro atoms. The van der Waals surface area contributed by atoms with Crippen molar-refractivity contribution in [3.8, 4) is 0 Å². The zero-order valence-corrected chi connectivity index (χ0v) is 21.7. The van der Waals surface area contributed by atoms with E-state index in [1.165, 1.54) is 55.6 Å². The Labute approximate surface area is 182 Å². The predicted octanol–water partition coefficient (Wildman–Crippen LogP) is 7.18. The van der Waals surface area contributed by atoms with E-state index in [2.05, 4.69) is 20.8 Å². The van der Waals surface area contributed by atoms with E-state index in [0.29, 0.717) is 6.61 Å². The number of hydrogen-bond donors (Lipinski definition) is 0. The van der Waals surface area contributed by atoms with Gasteiger partial charge in [0.1, 0.15) is 0 Å². The van der Waals surface area contributed by atoms with E-state index < -0.39 is 18.4 Å². The van der Waals surface area contributed by atoms with Crippen molar-refractivity contribution in [2.45, 2.75) is 92.1 Å². The molecule has 0 unspecified atom stereocenters. The second kappa shape index (κ2) is 13.4. The Balaban J connectivity index is 2.30. The van der Waals surface area contributed by atoms with Crippen molar-refractivity contribution in [2.24, 2.45) is 0 Å². The Hall–Kier alpha value is -0.971. The van der Waals surface area contributed by atoms with Gasteiger partial charge in [0.05, 0.1) is 0 Å². The first-order valence-electron chi connectivity index (χ1n) is 11.7. The van der Waals surface area contributed by atoms with Crippen molar-refractivity contribution in [1.82, 2.24) is 0 Å². The number of ether oxygens (including phenoxy) is 2. The molecule has 4 heteroatoms. The summed E-state index contributed by atoms with van der Waals surface area (Å²) in [4.78, 5) is 13.1. The van der Waals surface area contributed by atoms with E-state index in [0.717, 1.165) is 30.6 Å². The quantitative estimate of drug-likeness (QED) is 0.210. The molecule has 0 aliphatic carbocycles. The molecule has 0 bridgehead atoms. The zero-order valence-electron chi connectivity index (χ0n) is 18.8. The van der Waals surface area contributed by atoms with Gasteiger partial charge in [-0.2, -0.15) is 0 Å². The Kier molecular flexibility index (Phi) is 11.2. The molecule has 0 saturated carbocycles. The summed E-state index contributed by atoms with van der Waals surface area (Å²) in [5.41, 5.74) is 1.93. The SMILES string of the molecule is CCC[CH2][Sn]([CH2]CCC)([CH2]CCC)[C]1=C(C(=O)OCc2ccccc2)CCCO1. The molecule has 0 amide bonds. The molecule has 0 N–H and O–H groups in total. The van der Waals surface area contributed by atoms with Crippen LogP contribution in [0.2, 0.25) is 13.3 Å². The van der Waals surface area contributed by atoms with Gasteiger partial charge in [-0.3, -0.25) is 0 Å². The zero-order chi connectivity index (χ0) is 21.0. The van der Waals surface area contributed by atoms with Crippen LogP contribution in [0.5, 0.6) is 0 Å². The van der Waals surface area contributed by atoms with Crippen LogP contribution in [0.15, 0.2) is 39.7 Å². The summed E-state index contributed by atoms with van der Waals surface area (Å²) in [6.07, 6.45) is 9.21. The summed E-state index contributed by atoms with van der Waals surface area (Å²) < 4.78 is 17.3. The molecule has 0 radical (unpaired) electrons. The number of carbonyl (C=O) groups is 1. The third-order valence-corrected chi connectivity index (χ3v) is 21.3. The summed E-state index contributed by atoms with van der Waals surface area (Å²) in [6, 6.07) is 9.97. The summed E-state index contributed by atoms with van der Waals surface area (Å²) in [5.74, 6) is -0.130. The van der Waals surface area contributed by atoms with E-state index >= 15 is 0 Å². The number of esters is 1. The Morgan fingerprint density at radius 1 is 0.966 bits per heavy atom. The molecule has 1 aromatic carbocycles. The minimum absolute atomic E-state index is 0.130. The first-order valence-corrected chi connectivity index (χ1v) is 19.2. The first kappa shape index (κ1) is 24.3. The van der Waals surface area contributed by atoms with Gasteiger partial charge in [0, 0.05) is 0 Å². The normalized spacial score (nSPS) is 14.6. The molecule has 29 heavy (non-hydrogen) atoms. The second-order valence-electron chi connectivity index (χ2n) is 8.41. The summed E-state index contributed by atoms with van der Waals surface area (Å²) in [6.45, 7) is 7.95. The number of carbonyl (C=O) groups excluding carboxylic acids is 1. The molecule has 1 aliphatic rings. The first-order chi connectivity index (χ1) is 14.2. The van der Waals surface area contributed by atoms with Crippen LogP contribution in [0.25, 0.3) is 0 Å². The van der Waals surface area contributed by atoms with Crippen LogP contribution in [-0.2, 0) is 20.9 Å². The third-order valence-electron chi connectivity index (χ3n) is 6.06. The van der Waals surface area contributed by atoms with Crippen LogP contribution >= 0.6 is 0 Å². The molecule has 1 heterocycles. The van der Waals surface area contributed by atoms with Crippen molar-refractivity contribution in [2.75, 3.05) is 6.61 Å². The number of rotatable bonds is 13. The van der Waals surface area contributed by atoms with Crippen molar-refractivity contribution in [3.63, 3.8) is 0 Å². The minimum atomic E-state index is -2.77. The van der Waals surface area contributed by atoms with E-state index in [-0.39, 0.29) is 5.97 Å². The topological polar surface area (TPSA) is 35.5 Å². The summed E-state index contributed by atoms with van der Waals surface area (Å²) >= 11 is -2.77. The van der Waals surface area contributed by atoms with Gasteiger partial charge in [-0.05, 0) is 0 Å². The molecule has 1 aromatic rings. The second-order valence-corrected chi connectivity index (χ2v) is 21.3. The van der Waals surface area contributed by atoms with Gasteiger partial charge in [-0.25, -0.2) is 0 Å². The van der Waals surface area contributed by atoms with Gasteiger partial charge >= 0.3 is 183 Å². The fraction of sp³-hybridized carbons (Fsp3) is 0.640. The average molecular weight is 507 g/mol. The summed E-state index contributed by atoms with van der Waals surface area (Å²) in [7, 11) is 0. The molecule has 0 atom stereocenters. The number of unbranched alkanes of at least 4 members (excludes halogenated alkanes) is 3. The van der Waals surface area contributed by atoms with E-state index in [1.807, 2.05) is 30.3 Å². The molecule has 0 fully saturated rings. The van der Waals surface area contributed by atoms with Crippen molar-refractivity contribution >= 4 is 24.3 Å². The standard InChI is InChI=1S/C13H13O3.3C4H9.Sn/c14-13(12-7-4-8-15-10-12)16-9-11-5-2-1-3-6-11;3*1-3-4-2;/h1-3,5-6H,4,7-9H2;3*1,3-4H2,2H3;. The molecular formula is C25H40O3Sn. The van der Waals surface area contributed by atoms with Crippen LogP contribution in [0.3, 0.4) is 0 Å². The molecule has 3 nitrogen and oxygen atoms in total. The van der Waals surface area contributed by atoms with E-state index in [4.69, 9.17) is 9.47 Å². The molecule has 2 rings (SSSR count). The van der Waals surface area contributed by atoms with Crippen LogP contribution < -0.4 is 0 Å². The van der Waals surface area contributed by atoms with Gasteiger partial charge < -0.3 is 0 Å². The van der Waals surface area contributed by atoms with Crippen LogP contribution in [0.4, 0.5) is 0 Å². The van der Waals surface area contributed by atoms with Gasteiger partial charge in [0.25, 0.3) is 0 Å². The van der Waals surface area contributed by atoms with Gasteiger partial charge in [-0.1, -0.05) is 0 Å². The number of benzene rings is 1. The van der Waals surface area contributed by atoms with Crippen molar-refractivity contribution in [3.05, 3.63) is 45.2 Å². The Morgan fingerprint density at radius 3 is 2.10 bits per heavy atom. The Morgan fingerprint density at radius 2 is 1.55 bits per heavy atom. The molecule has 0 aromatic heterocycles. The maximum atomic E-state index is 13.1. The fourth-order valence-corrected chi connectivity index (χ4v) is 20.9. The third kappa shape index (κ3) is 7.34. The molecule has 162 valence electrons. The van der Waals surface area contributed by atoms with Crippen LogP contribution in [0, 0.1) is 0 Å². The average Bonchev–Trinajstić information content (AvgIpc) is 2.78. The predicted molar refractivity (Wildman–Crippen MR) is 123 cm³/mol. The molecular weight excluding hydrogens is 467 g/mol. The molecule has 1 aliphatic heterocycles. The van der Waals surface area contributed by atoms with Crippen LogP contribution in [0.1, 0.15) is 77.7 Å². The van der Waals surface area contributed by atoms with Crippen molar-refractivity contribution in [1.29, 1.82) is 0 Å². The van der Waals surface area contributed by atoms with E-state index in [1.54, 1.807) is 0 Å². The Bertz CT molecular complexity index is 617. The van der Waals surface area contributed by atoms with Gasteiger partial charge in [0.2, 0.25) is 0 Å². The fourth-order valence-electron chi connectivity index (χ4n) is 4.36. The van der Waals surface area contributed by atoms with Gasteiger partial charge in [-0.15, -0.1) is 0 Å². The van der Waals surface area contributed by atoms with Gasteiger partial charge in [0.15, 0.2) is 0 Å². The van der Waals surface area contributed by atoms with E-state index in [9.17, 15) is 4.79 Å². The maximum absolute atomic E-state index is 13.1. The molecule has 0 saturated heterocycles. The van der Waals surface area contributed by atoms with Crippen LogP contribution in [-0.4, -0.2) is 31.0 Å². The monoisotopic (exact) mass is 508 g/mol. The summed E-state index contributed by atoms with van der Waals surface area (Å²) in [5, 5.41) is 0. The number of hydrogen-bond acceptors (Lipinski definition) is 3. The van der Waals surface area contributed by atoms with Crippen molar-refractivity contribution < 1.29 is 14.3 Å².